The van der Waals surface area contributed by atoms with Crippen LogP contribution in [-0.2, 0) is 17.8 Å². The van der Waals surface area contributed by atoms with Crippen LogP contribution < -0.4 is 0 Å². The number of carbonyl (C=O) groups is 1. The molecule has 0 saturated carbocycles. The maximum absolute atomic E-state index is 12.4. The molecule has 1 aromatic heterocycles. The molecule has 0 atom stereocenters. The van der Waals surface area contributed by atoms with Gasteiger partial charge in [-0.1, -0.05) is 11.3 Å². The Morgan fingerprint density at radius 3 is 2.70 bits per heavy atom. The maximum Gasteiger partial charge on any atom is 0.408 e. The minimum absolute atomic E-state index is 0.0387. The standard InChI is InChI=1S/C12H12F3N3O2/c1-7-8(3-5-10(19)20)2-4-9-11(7)16-17-18(9)6-12(13,14)15/h2,4H,3,5-6H2,1H3,(H,19,20). The summed E-state index contributed by atoms with van der Waals surface area (Å²) in [5.74, 6) is -0.926. The van der Waals surface area contributed by atoms with Gasteiger partial charge >= 0.3 is 12.1 Å². The van der Waals surface area contributed by atoms with Gasteiger partial charge < -0.3 is 5.11 Å². The summed E-state index contributed by atoms with van der Waals surface area (Å²) in [6, 6.07) is 3.11. The molecule has 0 spiro atoms. The molecule has 5 nitrogen and oxygen atoms in total. The van der Waals surface area contributed by atoms with E-state index in [9.17, 15) is 18.0 Å². The molecule has 20 heavy (non-hydrogen) atoms. The van der Waals surface area contributed by atoms with Crippen LogP contribution in [0.2, 0.25) is 0 Å². The molecule has 1 N–H and O–H groups in total. The second-order valence-corrected chi connectivity index (χ2v) is 4.47. The Labute approximate surface area is 112 Å². The molecule has 2 aromatic rings. The molecule has 0 aliphatic carbocycles. The van der Waals surface area contributed by atoms with E-state index in [-0.39, 0.29) is 6.42 Å². The number of carboxylic acids is 1. The third-order valence-electron chi connectivity index (χ3n) is 2.99. The van der Waals surface area contributed by atoms with E-state index < -0.39 is 18.7 Å². The van der Waals surface area contributed by atoms with Crippen LogP contribution in [0.15, 0.2) is 12.1 Å². The lowest BCUT2D eigenvalue weighted by Gasteiger charge is -2.08. The zero-order chi connectivity index (χ0) is 14.9. The minimum Gasteiger partial charge on any atom is -0.481 e. The van der Waals surface area contributed by atoms with Crippen molar-refractivity contribution in [2.75, 3.05) is 0 Å². The van der Waals surface area contributed by atoms with Gasteiger partial charge in [-0.05, 0) is 30.5 Å². The highest BCUT2D eigenvalue weighted by atomic mass is 19.4. The fourth-order valence-electron chi connectivity index (χ4n) is 2.01. The maximum atomic E-state index is 12.4. The molecule has 0 unspecified atom stereocenters. The number of carboxylic acid groups (broad SMARTS) is 1. The van der Waals surface area contributed by atoms with Crippen LogP contribution in [-0.4, -0.2) is 32.2 Å². The molecule has 2 rings (SSSR count). The van der Waals surface area contributed by atoms with Crippen LogP contribution in [0.4, 0.5) is 13.2 Å². The smallest absolute Gasteiger partial charge is 0.408 e. The Kier molecular flexibility index (Phi) is 3.65. The van der Waals surface area contributed by atoms with Gasteiger partial charge in [0.1, 0.15) is 12.1 Å². The van der Waals surface area contributed by atoms with Gasteiger partial charge in [-0.2, -0.15) is 13.2 Å². The predicted molar refractivity (Wildman–Crippen MR) is 64.3 cm³/mol. The molecule has 0 saturated heterocycles. The largest absolute Gasteiger partial charge is 0.481 e. The summed E-state index contributed by atoms with van der Waals surface area (Å²) in [6.07, 6.45) is -4.09. The van der Waals surface area contributed by atoms with E-state index >= 15 is 0 Å². The summed E-state index contributed by atoms with van der Waals surface area (Å²) < 4.78 is 37.9. The lowest BCUT2D eigenvalue weighted by atomic mass is 10.0. The molecule has 0 fully saturated rings. The van der Waals surface area contributed by atoms with Crippen molar-refractivity contribution in [3.05, 3.63) is 23.3 Å². The topological polar surface area (TPSA) is 68.0 Å². The molecule has 8 heteroatoms. The lowest BCUT2D eigenvalue weighted by Crippen LogP contribution is -2.18. The van der Waals surface area contributed by atoms with Crippen LogP contribution in [0.5, 0.6) is 0 Å². The number of aryl methyl sites for hydroxylation is 2. The first-order valence-corrected chi connectivity index (χ1v) is 5.88. The van der Waals surface area contributed by atoms with Crippen molar-refractivity contribution in [2.45, 2.75) is 32.5 Å². The molecule has 0 aliphatic heterocycles. The number of hydrogen-bond acceptors (Lipinski definition) is 3. The predicted octanol–water partition coefficient (Wildman–Crippen LogP) is 2.32. The highest BCUT2D eigenvalue weighted by Gasteiger charge is 2.29. The number of nitrogens with zero attached hydrogens (tertiary/aromatic N) is 3. The Morgan fingerprint density at radius 1 is 1.40 bits per heavy atom. The third-order valence-corrected chi connectivity index (χ3v) is 2.99. The summed E-state index contributed by atoms with van der Waals surface area (Å²) in [5.41, 5.74) is 2.08. The van der Waals surface area contributed by atoms with Gasteiger partial charge in [0.25, 0.3) is 0 Å². The molecule has 0 bridgehead atoms. The van der Waals surface area contributed by atoms with E-state index in [1.165, 1.54) is 6.07 Å². The molecule has 1 heterocycles. The average Bonchev–Trinajstić information content (AvgIpc) is 2.70. The quantitative estimate of drug-likeness (QED) is 0.937. The number of halogens is 3. The van der Waals surface area contributed by atoms with E-state index in [4.69, 9.17) is 5.11 Å². The molecule has 108 valence electrons. The zero-order valence-corrected chi connectivity index (χ0v) is 10.6. The Morgan fingerprint density at radius 2 is 2.10 bits per heavy atom. The number of alkyl halides is 3. The van der Waals surface area contributed by atoms with Crippen molar-refractivity contribution >= 4 is 17.0 Å². The van der Waals surface area contributed by atoms with Gasteiger partial charge in [0, 0.05) is 6.42 Å². The summed E-state index contributed by atoms with van der Waals surface area (Å²) in [7, 11) is 0. The summed E-state index contributed by atoms with van der Waals surface area (Å²) in [5, 5.41) is 15.9. The van der Waals surface area contributed by atoms with E-state index in [1.54, 1.807) is 13.0 Å². The third kappa shape index (κ3) is 3.06. The number of fused-ring (bicyclic) bond motifs is 1. The van der Waals surface area contributed by atoms with E-state index in [0.717, 1.165) is 10.2 Å². The second-order valence-electron chi connectivity index (χ2n) is 4.47. The number of rotatable bonds is 4. The monoisotopic (exact) mass is 287 g/mol. The Bertz CT molecular complexity index is 649. The average molecular weight is 287 g/mol. The number of aliphatic carboxylic acids is 1. The van der Waals surface area contributed by atoms with Crippen LogP contribution in [0, 0.1) is 6.92 Å². The van der Waals surface area contributed by atoms with Crippen LogP contribution in [0.3, 0.4) is 0 Å². The van der Waals surface area contributed by atoms with Gasteiger partial charge in [0.15, 0.2) is 0 Å². The van der Waals surface area contributed by atoms with Gasteiger partial charge in [0.2, 0.25) is 0 Å². The van der Waals surface area contributed by atoms with Crippen molar-refractivity contribution in [3.63, 3.8) is 0 Å². The second kappa shape index (κ2) is 5.10. The molecule has 0 aliphatic rings. The van der Waals surface area contributed by atoms with Crippen LogP contribution in [0.25, 0.3) is 11.0 Å². The highest BCUT2D eigenvalue weighted by Crippen LogP contribution is 2.24. The van der Waals surface area contributed by atoms with E-state index in [0.29, 0.717) is 23.0 Å². The highest BCUT2D eigenvalue weighted by molar-refractivity contribution is 5.79. The molecule has 0 radical (unpaired) electrons. The number of benzene rings is 1. The van der Waals surface area contributed by atoms with Crippen molar-refractivity contribution in [2.24, 2.45) is 0 Å². The van der Waals surface area contributed by atoms with Crippen molar-refractivity contribution in [3.8, 4) is 0 Å². The van der Waals surface area contributed by atoms with Gasteiger partial charge in [-0.15, -0.1) is 5.10 Å². The number of aromatic nitrogens is 3. The first-order valence-electron chi connectivity index (χ1n) is 5.88. The van der Waals surface area contributed by atoms with Gasteiger partial charge in [-0.25, -0.2) is 4.68 Å². The Balaban J connectivity index is 2.36. The molecular weight excluding hydrogens is 275 g/mol. The Hall–Kier alpha value is -2.12. The summed E-state index contributed by atoms with van der Waals surface area (Å²) >= 11 is 0. The van der Waals surface area contributed by atoms with E-state index in [2.05, 4.69) is 10.3 Å². The van der Waals surface area contributed by atoms with Crippen LogP contribution >= 0.6 is 0 Å². The van der Waals surface area contributed by atoms with Crippen molar-refractivity contribution < 1.29 is 23.1 Å². The van der Waals surface area contributed by atoms with Gasteiger partial charge in [0.05, 0.1) is 5.52 Å². The SMILES string of the molecule is Cc1c(CCC(=O)O)ccc2c1nnn2CC(F)(F)F. The first kappa shape index (κ1) is 14.3. The molecule has 1 aromatic carbocycles. The van der Waals surface area contributed by atoms with Gasteiger partial charge in [-0.3, -0.25) is 4.79 Å². The molecular formula is C12H12F3N3O2. The van der Waals surface area contributed by atoms with E-state index in [1.807, 2.05) is 0 Å². The summed E-state index contributed by atoms with van der Waals surface area (Å²) in [4.78, 5) is 10.6. The van der Waals surface area contributed by atoms with Crippen molar-refractivity contribution in [1.29, 1.82) is 0 Å². The molecule has 0 amide bonds. The minimum atomic E-state index is -4.36. The summed E-state index contributed by atoms with van der Waals surface area (Å²) in [6.45, 7) is 0.504. The lowest BCUT2D eigenvalue weighted by molar-refractivity contribution is -0.142. The fraction of sp³-hybridized carbons (Fsp3) is 0.417. The fourth-order valence-corrected chi connectivity index (χ4v) is 2.01. The van der Waals surface area contributed by atoms with Crippen molar-refractivity contribution in [1.82, 2.24) is 15.0 Å². The van der Waals surface area contributed by atoms with Crippen LogP contribution in [0.1, 0.15) is 17.5 Å². The first-order chi connectivity index (χ1) is 9.28. The normalized spacial score (nSPS) is 12.0. The zero-order valence-electron chi connectivity index (χ0n) is 10.6. The number of hydrogen-bond donors (Lipinski definition) is 1.